The van der Waals surface area contributed by atoms with Crippen molar-refractivity contribution < 1.29 is 9.59 Å². The van der Waals surface area contributed by atoms with Crippen molar-refractivity contribution in [2.75, 3.05) is 5.32 Å². The summed E-state index contributed by atoms with van der Waals surface area (Å²) < 4.78 is 1.65. The molecule has 3 heterocycles. The van der Waals surface area contributed by atoms with Crippen molar-refractivity contribution in [2.24, 2.45) is 5.73 Å². The summed E-state index contributed by atoms with van der Waals surface area (Å²) in [4.78, 5) is 35.8. The van der Waals surface area contributed by atoms with E-state index in [4.69, 9.17) is 5.73 Å². The number of rotatable bonds is 5. The first-order valence-electron chi connectivity index (χ1n) is 7.17. The predicted molar refractivity (Wildman–Crippen MR) is 87.8 cm³/mol. The molecule has 0 saturated heterocycles. The van der Waals surface area contributed by atoms with Gasteiger partial charge in [-0.25, -0.2) is 14.5 Å². The average Bonchev–Trinajstić information content (AvgIpc) is 3.16. The number of aryl methyl sites for hydroxylation is 2. The van der Waals surface area contributed by atoms with Crippen LogP contribution in [0.5, 0.6) is 0 Å². The van der Waals surface area contributed by atoms with E-state index in [9.17, 15) is 9.59 Å². The molecule has 3 rings (SSSR count). The van der Waals surface area contributed by atoms with Crippen LogP contribution in [0.2, 0.25) is 0 Å². The van der Waals surface area contributed by atoms with Gasteiger partial charge in [-0.05, 0) is 25.8 Å². The van der Waals surface area contributed by atoms with E-state index < -0.39 is 5.91 Å². The van der Waals surface area contributed by atoms with Gasteiger partial charge in [0, 0.05) is 17.8 Å². The number of amides is 2. The molecule has 3 N–H and O–H groups in total. The Kier molecular flexibility index (Phi) is 4.21. The molecule has 0 radical (unpaired) electrons. The number of nitrogens with one attached hydrogen (secondary N) is 1. The predicted octanol–water partition coefficient (Wildman–Crippen LogP) is 0.868. The fourth-order valence-electron chi connectivity index (χ4n) is 2.38. The molecule has 0 bridgehead atoms. The molecule has 0 aliphatic carbocycles. The zero-order valence-electron chi connectivity index (χ0n) is 13.1. The van der Waals surface area contributed by atoms with Gasteiger partial charge in [-0.3, -0.25) is 9.59 Å². The summed E-state index contributed by atoms with van der Waals surface area (Å²) in [5.41, 5.74) is 7.85. The van der Waals surface area contributed by atoms with Crippen molar-refractivity contribution in [3.63, 3.8) is 0 Å². The molecular weight excluding hydrogens is 330 g/mol. The van der Waals surface area contributed by atoms with E-state index in [0.717, 1.165) is 28.3 Å². The quantitative estimate of drug-likeness (QED) is 0.706. The molecular formula is C14H15N7O2S. The Labute approximate surface area is 140 Å². The summed E-state index contributed by atoms with van der Waals surface area (Å²) >= 11 is 1.05. The number of hydrogen-bond donors (Lipinski definition) is 2. The summed E-state index contributed by atoms with van der Waals surface area (Å²) in [6.07, 6.45) is 3.57. The van der Waals surface area contributed by atoms with Crippen LogP contribution in [0, 0.1) is 13.8 Å². The standard InChI is InChI=1S/C14H15N7O2S/c1-7-9(8(2)21-13(19-7)17-6-18-21)3-4-11(22)20-14-16-5-10(24-14)12(15)23/h5-6H,3-4H2,1-2H3,(H2,15,23)(H,16,20,22). The second-order valence-corrected chi connectivity index (χ2v) is 6.21. The van der Waals surface area contributed by atoms with Crippen LogP contribution in [0.1, 0.15) is 33.0 Å². The number of hydrogen-bond acceptors (Lipinski definition) is 7. The first-order chi connectivity index (χ1) is 11.5. The molecule has 24 heavy (non-hydrogen) atoms. The first-order valence-corrected chi connectivity index (χ1v) is 7.98. The third-order valence-electron chi connectivity index (χ3n) is 3.59. The second-order valence-electron chi connectivity index (χ2n) is 5.18. The first kappa shape index (κ1) is 16.0. The minimum absolute atomic E-state index is 0.196. The van der Waals surface area contributed by atoms with Gasteiger partial charge >= 0.3 is 0 Å². The lowest BCUT2D eigenvalue weighted by Crippen LogP contribution is -2.14. The molecule has 0 fully saturated rings. The Hall–Kier alpha value is -2.88. The molecule has 0 aliphatic rings. The van der Waals surface area contributed by atoms with E-state index in [1.165, 1.54) is 12.5 Å². The van der Waals surface area contributed by atoms with Gasteiger partial charge in [0.2, 0.25) is 5.91 Å². The summed E-state index contributed by atoms with van der Waals surface area (Å²) in [6, 6.07) is 0. The molecule has 124 valence electrons. The number of aromatic nitrogens is 5. The normalized spacial score (nSPS) is 10.9. The van der Waals surface area contributed by atoms with Crippen molar-refractivity contribution >= 4 is 34.1 Å². The van der Waals surface area contributed by atoms with Crippen molar-refractivity contribution in [3.05, 3.63) is 34.4 Å². The molecule has 0 aromatic carbocycles. The Morgan fingerprint density at radius 3 is 2.83 bits per heavy atom. The number of anilines is 1. The van der Waals surface area contributed by atoms with Crippen LogP contribution < -0.4 is 11.1 Å². The van der Waals surface area contributed by atoms with Crippen LogP contribution >= 0.6 is 11.3 Å². The maximum absolute atomic E-state index is 12.1. The number of thiazole rings is 1. The van der Waals surface area contributed by atoms with Crippen molar-refractivity contribution in [1.82, 2.24) is 24.6 Å². The third kappa shape index (κ3) is 3.08. The molecule has 0 spiro atoms. The zero-order chi connectivity index (χ0) is 17.3. The lowest BCUT2D eigenvalue weighted by molar-refractivity contribution is -0.116. The van der Waals surface area contributed by atoms with Gasteiger partial charge in [-0.15, -0.1) is 0 Å². The monoisotopic (exact) mass is 345 g/mol. The molecule has 3 aromatic rings. The number of carbonyl (C=O) groups is 2. The van der Waals surface area contributed by atoms with Gasteiger partial charge in [0.1, 0.15) is 11.2 Å². The molecule has 0 saturated carbocycles. The summed E-state index contributed by atoms with van der Waals surface area (Å²) in [5, 5.41) is 7.14. The lowest BCUT2D eigenvalue weighted by atomic mass is 10.1. The van der Waals surface area contributed by atoms with E-state index >= 15 is 0 Å². The van der Waals surface area contributed by atoms with Gasteiger partial charge in [-0.2, -0.15) is 10.1 Å². The second kappa shape index (κ2) is 6.32. The van der Waals surface area contributed by atoms with Gasteiger partial charge in [0.25, 0.3) is 11.7 Å². The maximum Gasteiger partial charge on any atom is 0.260 e. The van der Waals surface area contributed by atoms with Crippen LogP contribution in [0.3, 0.4) is 0 Å². The van der Waals surface area contributed by atoms with Gasteiger partial charge in [-0.1, -0.05) is 11.3 Å². The van der Waals surface area contributed by atoms with Crippen LogP contribution in [0.4, 0.5) is 5.13 Å². The third-order valence-corrected chi connectivity index (χ3v) is 4.51. The van der Waals surface area contributed by atoms with E-state index in [2.05, 4.69) is 25.4 Å². The fourth-order valence-corrected chi connectivity index (χ4v) is 3.07. The van der Waals surface area contributed by atoms with E-state index in [0.29, 0.717) is 22.2 Å². The minimum Gasteiger partial charge on any atom is -0.365 e. The van der Waals surface area contributed by atoms with Gasteiger partial charge in [0.05, 0.1) is 6.20 Å². The van der Waals surface area contributed by atoms with Crippen molar-refractivity contribution in [2.45, 2.75) is 26.7 Å². The molecule has 10 heteroatoms. The van der Waals surface area contributed by atoms with Crippen molar-refractivity contribution in [1.29, 1.82) is 0 Å². The highest BCUT2D eigenvalue weighted by Gasteiger charge is 2.14. The minimum atomic E-state index is -0.563. The Morgan fingerprint density at radius 2 is 2.12 bits per heavy atom. The smallest absolute Gasteiger partial charge is 0.260 e. The van der Waals surface area contributed by atoms with Crippen molar-refractivity contribution in [3.8, 4) is 0 Å². The number of nitrogens with two attached hydrogens (primary N) is 1. The number of fused-ring (bicyclic) bond motifs is 1. The molecule has 0 atom stereocenters. The molecule has 0 unspecified atom stereocenters. The Bertz CT molecular complexity index is 930. The van der Waals surface area contributed by atoms with Crippen LogP contribution in [0.25, 0.3) is 5.78 Å². The van der Waals surface area contributed by atoms with E-state index in [-0.39, 0.29) is 12.3 Å². The largest absolute Gasteiger partial charge is 0.365 e. The number of nitrogens with zero attached hydrogens (tertiary/aromatic N) is 5. The van der Waals surface area contributed by atoms with E-state index in [1.54, 1.807) is 4.52 Å². The SMILES string of the molecule is Cc1nc2ncnn2c(C)c1CCC(=O)Nc1ncc(C(N)=O)s1. The lowest BCUT2D eigenvalue weighted by Gasteiger charge is -2.10. The van der Waals surface area contributed by atoms with E-state index in [1.807, 2.05) is 13.8 Å². The maximum atomic E-state index is 12.1. The molecule has 0 aliphatic heterocycles. The highest BCUT2D eigenvalue weighted by Crippen LogP contribution is 2.19. The summed E-state index contributed by atoms with van der Waals surface area (Å²) in [7, 11) is 0. The Morgan fingerprint density at radius 1 is 1.33 bits per heavy atom. The van der Waals surface area contributed by atoms with Crippen LogP contribution in [-0.4, -0.2) is 36.4 Å². The molecule has 3 aromatic heterocycles. The van der Waals surface area contributed by atoms with Crippen LogP contribution in [0.15, 0.2) is 12.5 Å². The molecule has 9 nitrogen and oxygen atoms in total. The average molecular weight is 345 g/mol. The fraction of sp³-hybridized carbons (Fsp3) is 0.286. The van der Waals surface area contributed by atoms with Crippen LogP contribution in [-0.2, 0) is 11.2 Å². The topological polar surface area (TPSA) is 128 Å². The summed E-state index contributed by atoms with van der Waals surface area (Å²) in [5.74, 6) is -0.218. The zero-order valence-corrected chi connectivity index (χ0v) is 13.9. The van der Waals surface area contributed by atoms with Gasteiger partial charge in [0.15, 0.2) is 5.13 Å². The highest BCUT2D eigenvalue weighted by molar-refractivity contribution is 7.17. The highest BCUT2D eigenvalue weighted by atomic mass is 32.1. The summed E-state index contributed by atoms with van der Waals surface area (Å²) in [6.45, 7) is 3.80. The number of primary amides is 1. The van der Waals surface area contributed by atoms with Gasteiger partial charge < -0.3 is 11.1 Å². The molecule has 2 amide bonds. The Balaban J connectivity index is 1.68. The number of carbonyl (C=O) groups excluding carboxylic acids is 2.